The molecule has 0 atom stereocenters. The van der Waals surface area contributed by atoms with Crippen LogP contribution in [0.1, 0.15) is 37.0 Å². The summed E-state index contributed by atoms with van der Waals surface area (Å²) in [5.74, 6) is -1.33. The van der Waals surface area contributed by atoms with Crippen molar-refractivity contribution in [2.75, 3.05) is 7.11 Å². The molecule has 0 bridgehead atoms. The van der Waals surface area contributed by atoms with Crippen molar-refractivity contribution in [1.82, 2.24) is 5.06 Å². The molecule has 0 N–H and O–H groups in total. The summed E-state index contributed by atoms with van der Waals surface area (Å²) in [5.41, 5.74) is -0.998. The maximum absolute atomic E-state index is 12.4. The smallest absolute Gasteiger partial charge is 0.348 e. The summed E-state index contributed by atoms with van der Waals surface area (Å²) >= 11 is 0. The average molecular weight is 291 g/mol. The topological polar surface area (TPSA) is 72.9 Å². The molecule has 1 heterocycles. The zero-order chi connectivity index (χ0) is 15.6. The highest BCUT2D eigenvalue weighted by Crippen LogP contribution is 2.37. The van der Waals surface area contributed by atoms with Crippen LogP contribution in [0.25, 0.3) is 0 Å². The number of hydrogen-bond donors (Lipinski definition) is 0. The number of hydroxylamine groups is 2. The molecule has 1 saturated heterocycles. The second kappa shape index (κ2) is 5.55. The maximum Gasteiger partial charge on any atom is 0.348 e. The van der Waals surface area contributed by atoms with Crippen molar-refractivity contribution in [3.05, 3.63) is 29.8 Å². The van der Waals surface area contributed by atoms with E-state index in [0.717, 1.165) is 0 Å². The minimum atomic E-state index is -1.25. The Hall–Kier alpha value is -2.37. The first-order chi connectivity index (χ1) is 10.00. The van der Waals surface area contributed by atoms with Gasteiger partial charge < -0.3 is 9.57 Å². The third kappa shape index (κ3) is 2.26. The van der Waals surface area contributed by atoms with Crippen LogP contribution in [-0.4, -0.2) is 30.0 Å². The minimum Gasteiger partial charge on any atom is -0.497 e. The van der Waals surface area contributed by atoms with Crippen LogP contribution in [-0.2, 0) is 14.4 Å². The van der Waals surface area contributed by atoms with Crippen molar-refractivity contribution in [3.8, 4) is 5.75 Å². The van der Waals surface area contributed by atoms with Crippen LogP contribution in [0.3, 0.4) is 0 Å². The molecule has 112 valence electrons. The maximum atomic E-state index is 12.4. The third-order valence-electron chi connectivity index (χ3n) is 3.89. The SMILES string of the molecule is CCC1(CC)C(=O)ON(C(=O)c2ccc(OC)cc2)C1=O. The quantitative estimate of drug-likeness (QED) is 0.626. The highest BCUT2D eigenvalue weighted by Gasteiger charge is 2.56. The summed E-state index contributed by atoms with van der Waals surface area (Å²) in [5, 5.41) is 0.567. The monoisotopic (exact) mass is 291 g/mol. The molecule has 0 saturated carbocycles. The first-order valence-electron chi connectivity index (χ1n) is 6.75. The number of nitrogens with zero attached hydrogens (tertiary/aromatic N) is 1. The van der Waals surface area contributed by atoms with E-state index < -0.39 is 23.2 Å². The molecule has 1 aromatic carbocycles. The highest BCUT2D eigenvalue weighted by molar-refractivity contribution is 6.15. The fraction of sp³-hybridized carbons (Fsp3) is 0.400. The minimum absolute atomic E-state index is 0.250. The number of benzene rings is 1. The first-order valence-corrected chi connectivity index (χ1v) is 6.75. The van der Waals surface area contributed by atoms with Crippen molar-refractivity contribution in [1.29, 1.82) is 0 Å². The summed E-state index contributed by atoms with van der Waals surface area (Å²) in [4.78, 5) is 41.5. The molecule has 6 nitrogen and oxygen atoms in total. The molecule has 0 aliphatic carbocycles. The highest BCUT2D eigenvalue weighted by atomic mass is 16.7. The molecule has 1 fully saturated rings. The fourth-order valence-electron chi connectivity index (χ4n) is 2.32. The van der Waals surface area contributed by atoms with E-state index in [0.29, 0.717) is 23.7 Å². The number of carbonyl (C=O) groups excluding carboxylic acids is 3. The molecule has 21 heavy (non-hydrogen) atoms. The summed E-state index contributed by atoms with van der Waals surface area (Å²) in [6.07, 6.45) is 0.598. The molecule has 2 rings (SSSR count). The van der Waals surface area contributed by atoms with Crippen molar-refractivity contribution in [3.63, 3.8) is 0 Å². The van der Waals surface area contributed by atoms with Gasteiger partial charge in [0.15, 0.2) is 5.41 Å². The van der Waals surface area contributed by atoms with E-state index in [4.69, 9.17) is 9.57 Å². The zero-order valence-electron chi connectivity index (χ0n) is 12.2. The van der Waals surface area contributed by atoms with Crippen molar-refractivity contribution >= 4 is 17.8 Å². The number of hydrogen-bond acceptors (Lipinski definition) is 5. The molecule has 1 aromatic rings. The Morgan fingerprint density at radius 2 is 1.76 bits per heavy atom. The van der Waals surface area contributed by atoms with Crippen LogP contribution >= 0.6 is 0 Å². The van der Waals surface area contributed by atoms with Gasteiger partial charge in [0.25, 0.3) is 11.8 Å². The van der Waals surface area contributed by atoms with Crippen molar-refractivity contribution < 1.29 is 24.0 Å². The molecule has 6 heteroatoms. The Kier molecular flexibility index (Phi) is 3.97. The van der Waals surface area contributed by atoms with Crippen LogP contribution < -0.4 is 4.74 Å². The van der Waals surface area contributed by atoms with E-state index in [1.54, 1.807) is 26.0 Å². The van der Waals surface area contributed by atoms with Crippen LogP contribution in [0, 0.1) is 5.41 Å². The standard InChI is InChI=1S/C15H17NO5/c1-4-15(5-2)13(18)16(21-14(15)19)12(17)10-6-8-11(20-3)9-7-10/h6-9H,4-5H2,1-3H3. The Morgan fingerprint density at radius 1 is 1.19 bits per heavy atom. The second-order valence-corrected chi connectivity index (χ2v) is 4.80. The zero-order valence-corrected chi connectivity index (χ0v) is 12.2. The normalized spacial score (nSPS) is 16.8. The summed E-state index contributed by atoms with van der Waals surface area (Å²) in [7, 11) is 1.51. The lowest BCUT2D eigenvalue weighted by molar-refractivity contribution is -0.168. The Bertz CT molecular complexity index is 574. The van der Waals surface area contributed by atoms with E-state index in [1.165, 1.54) is 19.2 Å². The van der Waals surface area contributed by atoms with Crippen molar-refractivity contribution in [2.45, 2.75) is 26.7 Å². The van der Waals surface area contributed by atoms with Gasteiger partial charge in [0.05, 0.1) is 7.11 Å². The lowest BCUT2D eigenvalue weighted by atomic mass is 9.82. The van der Waals surface area contributed by atoms with Crippen LogP contribution in [0.5, 0.6) is 5.75 Å². The molecular weight excluding hydrogens is 274 g/mol. The van der Waals surface area contributed by atoms with E-state index >= 15 is 0 Å². The van der Waals surface area contributed by atoms with E-state index in [9.17, 15) is 14.4 Å². The van der Waals surface area contributed by atoms with Gasteiger partial charge in [0.2, 0.25) is 0 Å². The number of methoxy groups -OCH3 is 1. The fourth-order valence-corrected chi connectivity index (χ4v) is 2.32. The van der Waals surface area contributed by atoms with Crippen LogP contribution in [0.4, 0.5) is 0 Å². The van der Waals surface area contributed by atoms with E-state index in [-0.39, 0.29) is 5.56 Å². The van der Waals surface area contributed by atoms with Gasteiger partial charge in [-0.2, -0.15) is 0 Å². The summed E-state index contributed by atoms with van der Waals surface area (Å²) in [6, 6.07) is 6.23. The average Bonchev–Trinajstić information content (AvgIpc) is 2.78. The van der Waals surface area contributed by atoms with Gasteiger partial charge in [-0.15, -0.1) is 0 Å². The van der Waals surface area contributed by atoms with E-state index in [1.807, 2.05) is 0 Å². The lowest BCUT2D eigenvalue weighted by Crippen LogP contribution is -2.38. The molecule has 1 aliphatic heterocycles. The molecule has 0 aromatic heterocycles. The Morgan fingerprint density at radius 3 is 2.19 bits per heavy atom. The van der Waals surface area contributed by atoms with Gasteiger partial charge in [-0.25, -0.2) is 4.79 Å². The van der Waals surface area contributed by atoms with Gasteiger partial charge in [-0.1, -0.05) is 18.9 Å². The third-order valence-corrected chi connectivity index (χ3v) is 3.89. The number of amides is 2. The molecule has 0 radical (unpaired) electrons. The van der Waals surface area contributed by atoms with Crippen LogP contribution in [0.15, 0.2) is 24.3 Å². The van der Waals surface area contributed by atoms with Gasteiger partial charge in [-0.05, 0) is 37.1 Å². The number of carbonyl (C=O) groups is 3. The van der Waals surface area contributed by atoms with E-state index in [2.05, 4.69) is 0 Å². The molecule has 2 amide bonds. The number of ether oxygens (including phenoxy) is 1. The van der Waals surface area contributed by atoms with Gasteiger partial charge >= 0.3 is 5.97 Å². The Balaban J connectivity index is 2.28. The summed E-state index contributed by atoms with van der Waals surface area (Å²) in [6.45, 7) is 3.45. The van der Waals surface area contributed by atoms with Crippen molar-refractivity contribution in [2.24, 2.45) is 5.41 Å². The second-order valence-electron chi connectivity index (χ2n) is 4.80. The largest absolute Gasteiger partial charge is 0.497 e. The number of rotatable bonds is 4. The first kappa shape index (κ1) is 15.0. The van der Waals surface area contributed by atoms with Gasteiger partial charge in [0, 0.05) is 5.56 Å². The molecule has 1 aliphatic rings. The predicted octanol–water partition coefficient (Wildman–Crippen LogP) is 1.94. The lowest BCUT2D eigenvalue weighted by Gasteiger charge is -2.17. The van der Waals surface area contributed by atoms with Gasteiger partial charge in [-0.3, -0.25) is 9.59 Å². The summed E-state index contributed by atoms with van der Waals surface area (Å²) < 4.78 is 5.00. The van der Waals surface area contributed by atoms with Gasteiger partial charge in [0.1, 0.15) is 5.75 Å². The predicted molar refractivity (Wildman–Crippen MR) is 73.3 cm³/mol. The van der Waals surface area contributed by atoms with Crippen LogP contribution in [0.2, 0.25) is 0 Å². The molecule has 0 spiro atoms. The molecule has 0 unspecified atom stereocenters. The number of imide groups is 1. The molecular formula is C15H17NO5. The Labute approximate surface area is 122 Å².